The predicted octanol–water partition coefficient (Wildman–Crippen LogP) is 4.21. The van der Waals surface area contributed by atoms with Crippen LogP contribution in [0.3, 0.4) is 0 Å². The van der Waals surface area contributed by atoms with Crippen LogP contribution in [0.5, 0.6) is 5.75 Å². The van der Waals surface area contributed by atoms with Gasteiger partial charge in [-0.15, -0.1) is 0 Å². The first-order chi connectivity index (χ1) is 12.1. The molecule has 1 atom stereocenters. The third-order valence-electron chi connectivity index (χ3n) is 4.07. The molecule has 2 rings (SSSR count). The monoisotopic (exact) mass is 388 g/mol. The van der Waals surface area contributed by atoms with E-state index in [1.54, 1.807) is 4.90 Å². The Bertz CT molecular complexity index is 574. The van der Waals surface area contributed by atoms with E-state index in [1.165, 1.54) is 18.2 Å². The molecular weight excluding hydrogens is 369 g/mol. The summed E-state index contributed by atoms with van der Waals surface area (Å²) in [4.78, 5) is 1.71. The molecule has 0 radical (unpaired) electrons. The average molecular weight is 388 g/mol. The smallest absolute Gasteiger partial charge is 0.428 e. The lowest BCUT2D eigenvalue weighted by molar-refractivity contribution is -0.253. The number of hydrogen-bond donors (Lipinski definition) is 1. The van der Waals surface area contributed by atoms with Crippen LogP contribution in [-0.4, -0.2) is 49.8 Å². The van der Waals surface area contributed by atoms with Crippen molar-refractivity contribution in [2.75, 3.05) is 26.2 Å². The zero-order chi connectivity index (χ0) is 19.4. The molecule has 0 aromatic heterocycles. The van der Waals surface area contributed by atoms with Gasteiger partial charge in [0.25, 0.3) is 0 Å². The van der Waals surface area contributed by atoms with Crippen LogP contribution in [0.1, 0.15) is 24.4 Å². The van der Waals surface area contributed by atoms with Crippen LogP contribution in [-0.2, 0) is 0 Å². The second-order valence-electron chi connectivity index (χ2n) is 5.96. The van der Waals surface area contributed by atoms with Crippen molar-refractivity contribution in [3.63, 3.8) is 0 Å². The molecule has 1 aromatic rings. The molecule has 26 heavy (non-hydrogen) atoms. The fraction of sp³-hybridized carbons (Fsp3) is 0.625. The highest BCUT2D eigenvalue weighted by Gasteiger charge is 2.45. The number of alkyl halides is 7. The van der Waals surface area contributed by atoms with E-state index in [9.17, 15) is 30.7 Å². The van der Waals surface area contributed by atoms with Crippen molar-refractivity contribution in [3.8, 4) is 5.75 Å². The number of halogens is 7. The van der Waals surface area contributed by atoms with Crippen LogP contribution < -0.4 is 10.1 Å². The summed E-state index contributed by atoms with van der Waals surface area (Å²) in [7, 11) is 0. The first kappa shape index (κ1) is 20.8. The second-order valence-corrected chi connectivity index (χ2v) is 5.96. The molecule has 0 saturated carbocycles. The van der Waals surface area contributed by atoms with E-state index < -0.39 is 36.9 Å². The van der Waals surface area contributed by atoms with Gasteiger partial charge in [0.05, 0.1) is 0 Å². The van der Waals surface area contributed by atoms with E-state index in [-0.39, 0.29) is 12.0 Å². The number of hydrogen-bond acceptors (Lipinski definition) is 3. The number of rotatable bonds is 7. The molecule has 1 aliphatic heterocycles. The highest BCUT2D eigenvalue weighted by Crippen LogP contribution is 2.38. The first-order valence-electron chi connectivity index (χ1n) is 8.05. The SMILES string of the molecule is FC(F)C(F)(F)Oc1ccccc1[C@H](CCC(F)(F)F)N1CCNCC1. The molecule has 1 aromatic carbocycles. The number of para-hydroxylation sites is 1. The summed E-state index contributed by atoms with van der Waals surface area (Å²) in [5, 5.41) is 3.05. The van der Waals surface area contributed by atoms with Crippen LogP contribution >= 0.6 is 0 Å². The van der Waals surface area contributed by atoms with Gasteiger partial charge >= 0.3 is 18.7 Å². The molecule has 0 aliphatic carbocycles. The van der Waals surface area contributed by atoms with Gasteiger partial charge in [-0.3, -0.25) is 4.90 Å². The fourth-order valence-electron chi connectivity index (χ4n) is 2.87. The molecule has 1 heterocycles. The summed E-state index contributed by atoms with van der Waals surface area (Å²) >= 11 is 0. The van der Waals surface area contributed by atoms with E-state index in [1.807, 2.05) is 0 Å². The molecular formula is C16H19F7N2O. The van der Waals surface area contributed by atoms with E-state index in [4.69, 9.17) is 0 Å². The zero-order valence-corrected chi connectivity index (χ0v) is 13.7. The van der Waals surface area contributed by atoms with Crippen molar-refractivity contribution in [2.45, 2.75) is 37.6 Å². The molecule has 0 unspecified atom stereocenters. The lowest BCUT2D eigenvalue weighted by Gasteiger charge is -2.36. The largest absolute Gasteiger partial charge is 0.461 e. The van der Waals surface area contributed by atoms with Gasteiger partial charge in [0, 0.05) is 44.2 Å². The third kappa shape index (κ3) is 5.73. The van der Waals surface area contributed by atoms with Gasteiger partial charge in [-0.1, -0.05) is 18.2 Å². The molecule has 1 N–H and O–H groups in total. The highest BCUT2D eigenvalue weighted by atomic mass is 19.4. The Labute approximate surface area is 146 Å². The number of ether oxygens (including phenoxy) is 1. The zero-order valence-electron chi connectivity index (χ0n) is 13.7. The minimum absolute atomic E-state index is 0.0407. The lowest BCUT2D eigenvalue weighted by atomic mass is 9.98. The quantitative estimate of drug-likeness (QED) is 0.709. The summed E-state index contributed by atoms with van der Waals surface area (Å²) in [6.45, 7) is 1.86. The molecule has 1 saturated heterocycles. The van der Waals surface area contributed by atoms with Gasteiger partial charge in [0.2, 0.25) is 0 Å². The van der Waals surface area contributed by atoms with Crippen LogP contribution in [0.25, 0.3) is 0 Å². The van der Waals surface area contributed by atoms with Crippen LogP contribution in [0.2, 0.25) is 0 Å². The van der Waals surface area contributed by atoms with Gasteiger partial charge in [-0.05, 0) is 12.5 Å². The minimum Gasteiger partial charge on any atom is -0.428 e. The predicted molar refractivity (Wildman–Crippen MR) is 80.5 cm³/mol. The van der Waals surface area contributed by atoms with Gasteiger partial charge in [0.1, 0.15) is 5.75 Å². The summed E-state index contributed by atoms with van der Waals surface area (Å²) in [5.74, 6) is -0.538. The van der Waals surface area contributed by atoms with Gasteiger partial charge in [-0.25, -0.2) is 0 Å². The minimum atomic E-state index is -4.73. The molecule has 0 spiro atoms. The second kappa shape index (κ2) is 8.43. The topological polar surface area (TPSA) is 24.5 Å². The van der Waals surface area contributed by atoms with Crippen molar-refractivity contribution in [1.82, 2.24) is 10.2 Å². The van der Waals surface area contributed by atoms with Crippen LogP contribution in [0.4, 0.5) is 30.7 Å². The summed E-state index contributed by atoms with van der Waals surface area (Å²) in [6.07, 6.45) is -14.7. The van der Waals surface area contributed by atoms with Gasteiger partial charge < -0.3 is 10.1 Å². The van der Waals surface area contributed by atoms with Crippen molar-refractivity contribution in [2.24, 2.45) is 0 Å². The normalized spacial score (nSPS) is 18.2. The van der Waals surface area contributed by atoms with Crippen molar-refractivity contribution < 1.29 is 35.5 Å². The summed E-state index contributed by atoms with van der Waals surface area (Å²) < 4.78 is 93.8. The van der Waals surface area contributed by atoms with Crippen LogP contribution in [0.15, 0.2) is 24.3 Å². The summed E-state index contributed by atoms with van der Waals surface area (Å²) in [5.41, 5.74) is 0.0407. The highest BCUT2D eigenvalue weighted by molar-refractivity contribution is 5.36. The Kier molecular flexibility index (Phi) is 6.73. The molecule has 0 bridgehead atoms. The Morgan fingerprint density at radius 1 is 1.04 bits per heavy atom. The number of nitrogens with one attached hydrogen (secondary N) is 1. The van der Waals surface area contributed by atoms with Crippen molar-refractivity contribution in [1.29, 1.82) is 0 Å². The van der Waals surface area contributed by atoms with Gasteiger partial charge in [0.15, 0.2) is 0 Å². The standard InChI is InChI=1S/C16H19F7N2O/c17-14(18)16(22,23)26-13-4-2-1-3-11(13)12(5-6-15(19,20)21)25-9-7-24-8-10-25/h1-4,12,14,24H,5-10H2/t12-/m0/s1. The van der Waals surface area contributed by atoms with E-state index in [0.29, 0.717) is 26.2 Å². The van der Waals surface area contributed by atoms with E-state index >= 15 is 0 Å². The molecule has 3 nitrogen and oxygen atoms in total. The maximum atomic E-state index is 13.3. The fourth-order valence-corrected chi connectivity index (χ4v) is 2.87. The van der Waals surface area contributed by atoms with Crippen LogP contribution in [0, 0.1) is 0 Å². The lowest BCUT2D eigenvalue weighted by Crippen LogP contribution is -2.45. The third-order valence-corrected chi connectivity index (χ3v) is 4.07. The number of piperazine rings is 1. The Morgan fingerprint density at radius 3 is 2.23 bits per heavy atom. The maximum Gasteiger partial charge on any atom is 0.461 e. The van der Waals surface area contributed by atoms with Crippen molar-refractivity contribution in [3.05, 3.63) is 29.8 Å². The summed E-state index contributed by atoms with van der Waals surface area (Å²) in [6, 6.07) is 4.28. The molecule has 10 heteroatoms. The van der Waals surface area contributed by atoms with Crippen molar-refractivity contribution >= 4 is 0 Å². The molecule has 148 valence electrons. The number of nitrogens with zero attached hydrogens (tertiary/aromatic N) is 1. The Morgan fingerprint density at radius 2 is 1.65 bits per heavy atom. The maximum absolute atomic E-state index is 13.3. The van der Waals surface area contributed by atoms with Gasteiger partial charge in [-0.2, -0.15) is 30.7 Å². The number of benzene rings is 1. The molecule has 1 fully saturated rings. The Hall–Kier alpha value is -1.55. The first-order valence-corrected chi connectivity index (χ1v) is 8.05. The van der Waals surface area contributed by atoms with E-state index in [0.717, 1.165) is 6.07 Å². The molecule has 1 aliphatic rings. The molecule has 0 amide bonds. The average Bonchev–Trinajstić information content (AvgIpc) is 2.56. The Balaban J connectivity index is 2.31. The van der Waals surface area contributed by atoms with E-state index in [2.05, 4.69) is 10.1 Å².